The normalized spacial score (nSPS) is 19.3. The SMILES string of the molecule is CC1CCO1.O=CN1CCN(C(=O)c2[nH]c3ccc(F)c(Cl)c3c2F)CC1. The fourth-order valence-electron chi connectivity index (χ4n) is 2.87. The zero-order chi connectivity index (χ0) is 19.6. The van der Waals surface area contributed by atoms with Gasteiger partial charge in [-0.3, -0.25) is 9.59 Å². The second kappa shape index (κ2) is 8.22. The van der Waals surface area contributed by atoms with E-state index < -0.39 is 17.5 Å². The molecule has 4 rings (SSSR count). The van der Waals surface area contributed by atoms with E-state index >= 15 is 0 Å². The van der Waals surface area contributed by atoms with Crippen LogP contribution in [0.25, 0.3) is 10.9 Å². The molecule has 2 fully saturated rings. The van der Waals surface area contributed by atoms with Crippen molar-refractivity contribution in [3.05, 3.63) is 34.5 Å². The maximum absolute atomic E-state index is 14.4. The van der Waals surface area contributed by atoms with Crippen LogP contribution in [0.5, 0.6) is 0 Å². The van der Waals surface area contributed by atoms with Gasteiger partial charge in [-0.2, -0.15) is 0 Å². The molecule has 27 heavy (non-hydrogen) atoms. The first-order valence-corrected chi connectivity index (χ1v) is 9.05. The Balaban J connectivity index is 0.000000364. The van der Waals surface area contributed by atoms with Crippen molar-refractivity contribution in [1.82, 2.24) is 14.8 Å². The number of aromatic amines is 1. The number of carbonyl (C=O) groups excluding carboxylic acids is 2. The second-order valence-electron chi connectivity index (χ2n) is 6.50. The Kier molecular flexibility index (Phi) is 5.96. The smallest absolute Gasteiger partial charge is 0.273 e. The number of benzene rings is 1. The van der Waals surface area contributed by atoms with E-state index in [9.17, 15) is 18.4 Å². The van der Waals surface area contributed by atoms with Crippen LogP contribution in [-0.4, -0.2) is 66.0 Å². The van der Waals surface area contributed by atoms with Gasteiger partial charge >= 0.3 is 0 Å². The van der Waals surface area contributed by atoms with Crippen LogP contribution in [0.4, 0.5) is 8.78 Å². The first kappa shape index (κ1) is 19.6. The van der Waals surface area contributed by atoms with E-state index in [2.05, 4.69) is 11.9 Å². The monoisotopic (exact) mass is 399 g/mol. The molecule has 1 atom stereocenters. The predicted octanol–water partition coefficient (Wildman–Crippen LogP) is 2.81. The second-order valence-corrected chi connectivity index (χ2v) is 6.88. The minimum atomic E-state index is -0.859. The maximum Gasteiger partial charge on any atom is 0.273 e. The Morgan fingerprint density at radius 3 is 2.44 bits per heavy atom. The predicted molar refractivity (Wildman–Crippen MR) is 96.8 cm³/mol. The Morgan fingerprint density at radius 2 is 1.93 bits per heavy atom. The van der Waals surface area contributed by atoms with Crippen LogP contribution < -0.4 is 0 Å². The van der Waals surface area contributed by atoms with Crippen LogP contribution in [0.3, 0.4) is 0 Å². The fourth-order valence-corrected chi connectivity index (χ4v) is 3.12. The summed E-state index contributed by atoms with van der Waals surface area (Å²) in [7, 11) is 0. The molecule has 0 radical (unpaired) electrons. The number of carbonyl (C=O) groups is 2. The van der Waals surface area contributed by atoms with Gasteiger partial charge < -0.3 is 19.5 Å². The number of rotatable bonds is 2. The Labute approximate surface area is 160 Å². The molecular weight excluding hydrogens is 380 g/mol. The molecule has 2 aliphatic rings. The molecule has 2 aliphatic heterocycles. The van der Waals surface area contributed by atoms with Crippen LogP contribution in [0.1, 0.15) is 23.8 Å². The van der Waals surface area contributed by atoms with Gasteiger partial charge in [-0.15, -0.1) is 0 Å². The summed E-state index contributed by atoms with van der Waals surface area (Å²) in [5.74, 6) is -2.14. The zero-order valence-electron chi connectivity index (χ0n) is 14.8. The summed E-state index contributed by atoms with van der Waals surface area (Å²) in [6, 6.07) is 2.44. The van der Waals surface area contributed by atoms with E-state index in [1.54, 1.807) is 0 Å². The van der Waals surface area contributed by atoms with E-state index in [-0.39, 0.29) is 21.6 Å². The van der Waals surface area contributed by atoms with Crippen LogP contribution in [0.15, 0.2) is 12.1 Å². The quantitative estimate of drug-likeness (QED) is 0.790. The van der Waals surface area contributed by atoms with E-state index in [0.29, 0.717) is 38.7 Å². The van der Waals surface area contributed by atoms with Gasteiger partial charge in [0.15, 0.2) is 5.82 Å². The lowest BCUT2D eigenvalue weighted by Gasteiger charge is -2.32. The molecule has 0 bridgehead atoms. The van der Waals surface area contributed by atoms with Crippen molar-refractivity contribution in [3.63, 3.8) is 0 Å². The molecule has 3 heterocycles. The van der Waals surface area contributed by atoms with Gasteiger partial charge in [-0.25, -0.2) is 8.78 Å². The van der Waals surface area contributed by atoms with Gasteiger partial charge in [0.2, 0.25) is 6.41 Å². The molecule has 1 unspecified atom stereocenters. The van der Waals surface area contributed by atoms with Gasteiger partial charge in [0.1, 0.15) is 11.5 Å². The lowest BCUT2D eigenvalue weighted by atomic mass is 10.2. The molecule has 0 aliphatic carbocycles. The molecule has 2 amide bonds. The summed E-state index contributed by atoms with van der Waals surface area (Å²) in [5.41, 5.74) is 0.0147. The third-order valence-corrected chi connectivity index (χ3v) is 5.05. The number of H-pyrrole nitrogens is 1. The summed E-state index contributed by atoms with van der Waals surface area (Å²) in [6.45, 7) is 4.49. The number of hydrogen-bond donors (Lipinski definition) is 1. The Bertz CT molecular complexity index is 846. The third-order valence-electron chi connectivity index (χ3n) is 4.68. The summed E-state index contributed by atoms with van der Waals surface area (Å²) in [5, 5.41) is -0.479. The van der Waals surface area contributed by atoms with Crippen LogP contribution in [0.2, 0.25) is 5.02 Å². The highest BCUT2D eigenvalue weighted by atomic mass is 35.5. The lowest BCUT2D eigenvalue weighted by molar-refractivity contribution is -0.119. The molecule has 0 spiro atoms. The first-order valence-electron chi connectivity index (χ1n) is 8.67. The number of aromatic nitrogens is 1. The van der Waals surface area contributed by atoms with Gasteiger partial charge in [0.05, 0.1) is 22.0 Å². The van der Waals surface area contributed by atoms with Gasteiger partial charge in [0, 0.05) is 32.8 Å². The van der Waals surface area contributed by atoms with Gasteiger partial charge in [-0.05, 0) is 25.5 Å². The zero-order valence-corrected chi connectivity index (χ0v) is 15.6. The summed E-state index contributed by atoms with van der Waals surface area (Å²) >= 11 is 5.77. The van der Waals surface area contributed by atoms with Crippen LogP contribution >= 0.6 is 11.6 Å². The minimum Gasteiger partial charge on any atom is -0.378 e. The first-order chi connectivity index (χ1) is 12.9. The van der Waals surface area contributed by atoms with Crippen molar-refractivity contribution < 1.29 is 23.1 Å². The number of piperazine rings is 1. The average Bonchev–Trinajstić information content (AvgIpc) is 3.00. The van der Waals surface area contributed by atoms with E-state index in [1.165, 1.54) is 22.3 Å². The van der Waals surface area contributed by atoms with E-state index in [0.717, 1.165) is 12.7 Å². The number of hydrogen-bond acceptors (Lipinski definition) is 3. The maximum atomic E-state index is 14.4. The molecule has 2 aromatic rings. The van der Waals surface area contributed by atoms with Crippen molar-refractivity contribution >= 4 is 34.8 Å². The number of fused-ring (bicyclic) bond motifs is 1. The largest absolute Gasteiger partial charge is 0.378 e. The summed E-state index contributed by atoms with van der Waals surface area (Å²) < 4.78 is 32.8. The molecule has 1 aromatic heterocycles. The molecule has 146 valence electrons. The van der Waals surface area contributed by atoms with Crippen LogP contribution in [-0.2, 0) is 9.53 Å². The Hall–Kier alpha value is -2.19. The summed E-state index contributed by atoms with van der Waals surface area (Å²) in [4.78, 5) is 28.7. The average molecular weight is 400 g/mol. The molecule has 1 N–H and O–H groups in total. The highest BCUT2D eigenvalue weighted by Gasteiger charge is 2.27. The lowest BCUT2D eigenvalue weighted by Crippen LogP contribution is -2.48. The van der Waals surface area contributed by atoms with Crippen molar-refractivity contribution in [2.75, 3.05) is 32.8 Å². The molecular formula is C18H20ClF2N3O3. The van der Waals surface area contributed by atoms with E-state index in [1.807, 2.05) is 0 Å². The van der Waals surface area contributed by atoms with Gasteiger partial charge in [-0.1, -0.05) is 11.6 Å². The van der Waals surface area contributed by atoms with Crippen molar-refractivity contribution in [1.29, 1.82) is 0 Å². The van der Waals surface area contributed by atoms with Crippen molar-refractivity contribution in [2.24, 2.45) is 0 Å². The fraction of sp³-hybridized carbons (Fsp3) is 0.444. The molecule has 9 heteroatoms. The molecule has 0 saturated carbocycles. The van der Waals surface area contributed by atoms with Crippen molar-refractivity contribution in [3.8, 4) is 0 Å². The molecule has 6 nitrogen and oxygen atoms in total. The number of halogens is 3. The highest BCUT2D eigenvalue weighted by molar-refractivity contribution is 6.35. The number of nitrogens with one attached hydrogen (secondary N) is 1. The number of ether oxygens (including phenoxy) is 1. The topological polar surface area (TPSA) is 65.6 Å². The van der Waals surface area contributed by atoms with Gasteiger partial charge in [0.25, 0.3) is 5.91 Å². The van der Waals surface area contributed by atoms with Crippen LogP contribution in [0, 0.1) is 11.6 Å². The standard InChI is InChI=1S/C14H12ClF2N3O2.C4H8O/c15-11-8(16)1-2-9-10(11)12(17)13(18-9)14(22)20-5-3-19(7-21)4-6-20;1-4-2-3-5-4/h1-2,7,18H,3-6H2;4H,2-3H2,1H3. The summed E-state index contributed by atoms with van der Waals surface area (Å²) in [6.07, 6.45) is 2.54. The third kappa shape index (κ3) is 4.06. The minimum absolute atomic E-state index is 0.128. The van der Waals surface area contributed by atoms with Crippen molar-refractivity contribution in [2.45, 2.75) is 19.4 Å². The molecule has 2 saturated heterocycles. The highest BCUT2D eigenvalue weighted by Crippen LogP contribution is 2.30. The Morgan fingerprint density at radius 1 is 1.30 bits per heavy atom. The van der Waals surface area contributed by atoms with E-state index in [4.69, 9.17) is 16.3 Å². The number of amides is 2. The number of nitrogens with zero attached hydrogens (tertiary/aromatic N) is 2. The molecule has 1 aromatic carbocycles.